The van der Waals surface area contributed by atoms with Gasteiger partial charge in [0.2, 0.25) is 0 Å². The molecule has 2 aliphatic rings. The van der Waals surface area contributed by atoms with Crippen LogP contribution < -0.4 is 15.2 Å². The number of Topliss-reactive ketones (excluding diaryl/α,β-unsaturated/α-hetero) is 1. The average Bonchev–Trinajstić information content (AvgIpc) is 3.36. The number of ether oxygens (including phenoxy) is 1. The Labute approximate surface area is 218 Å². The SMILES string of the molecule is CCCN1C(=O)COc2ccc(C(=O)Cn3cnc4scc(-c5ccc6c(c5)CCCC6)c4c3=O)cc21. The fourth-order valence-electron chi connectivity index (χ4n) is 5.28. The number of hydrogen-bond donors (Lipinski definition) is 0. The fraction of sp³-hybridized carbons (Fsp3) is 0.310. The molecule has 0 atom stereocenters. The summed E-state index contributed by atoms with van der Waals surface area (Å²) in [5.74, 6) is 0.223. The van der Waals surface area contributed by atoms with Gasteiger partial charge in [-0.2, -0.15) is 0 Å². The molecule has 0 fully saturated rings. The quantitative estimate of drug-likeness (QED) is 0.338. The van der Waals surface area contributed by atoms with E-state index in [2.05, 4.69) is 23.2 Å². The van der Waals surface area contributed by atoms with Gasteiger partial charge in [-0.05, 0) is 67.0 Å². The predicted molar refractivity (Wildman–Crippen MR) is 145 cm³/mol. The Morgan fingerprint density at radius 3 is 2.76 bits per heavy atom. The van der Waals surface area contributed by atoms with Gasteiger partial charge in [0.05, 0.1) is 23.9 Å². The number of rotatable bonds is 6. The zero-order valence-electron chi connectivity index (χ0n) is 20.7. The highest BCUT2D eigenvalue weighted by atomic mass is 32.1. The van der Waals surface area contributed by atoms with Crippen LogP contribution in [0.25, 0.3) is 21.3 Å². The number of hydrogen-bond acceptors (Lipinski definition) is 6. The Hall–Kier alpha value is -3.78. The van der Waals surface area contributed by atoms with E-state index in [0.29, 0.717) is 33.8 Å². The molecule has 0 N–H and O–H groups in total. The highest BCUT2D eigenvalue weighted by molar-refractivity contribution is 7.17. The molecule has 0 saturated heterocycles. The molecule has 188 valence electrons. The lowest BCUT2D eigenvalue weighted by Gasteiger charge is -2.29. The average molecular weight is 514 g/mol. The van der Waals surface area contributed by atoms with Gasteiger partial charge in [0.1, 0.15) is 10.6 Å². The van der Waals surface area contributed by atoms with Crippen LogP contribution in [-0.4, -0.2) is 34.4 Å². The molecule has 2 aromatic heterocycles. The Morgan fingerprint density at radius 2 is 1.92 bits per heavy atom. The van der Waals surface area contributed by atoms with Gasteiger partial charge >= 0.3 is 0 Å². The van der Waals surface area contributed by atoms with Crippen LogP contribution in [0, 0.1) is 0 Å². The van der Waals surface area contributed by atoms with Gasteiger partial charge in [0.15, 0.2) is 12.4 Å². The zero-order valence-corrected chi connectivity index (χ0v) is 21.5. The van der Waals surface area contributed by atoms with Crippen LogP contribution in [0.15, 0.2) is 52.9 Å². The van der Waals surface area contributed by atoms with Crippen LogP contribution in [0.3, 0.4) is 0 Å². The molecule has 1 aliphatic carbocycles. The summed E-state index contributed by atoms with van der Waals surface area (Å²) >= 11 is 1.44. The Balaban J connectivity index is 1.33. The van der Waals surface area contributed by atoms with E-state index in [9.17, 15) is 14.4 Å². The Morgan fingerprint density at radius 1 is 1.08 bits per heavy atom. The number of fused-ring (bicyclic) bond motifs is 3. The summed E-state index contributed by atoms with van der Waals surface area (Å²) in [6.45, 7) is 2.41. The number of nitrogens with zero attached hydrogens (tertiary/aromatic N) is 3. The van der Waals surface area contributed by atoms with E-state index in [0.717, 1.165) is 30.4 Å². The van der Waals surface area contributed by atoms with Crippen LogP contribution in [0.4, 0.5) is 5.69 Å². The van der Waals surface area contributed by atoms with Crippen molar-refractivity contribution in [2.75, 3.05) is 18.1 Å². The first kappa shape index (κ1) is 23.6. The number of thiophene rings is 1. The fourth-order valence-corrected chi connectivity index (χ4v) is 6.19. The topological polar surface area (TPSA) is 81.5 Å². The summed E-state index contributed by atoms with van der Waals surface area (Å²) in [7, 11) is 0. The molecule has 0 saturated carbocycles. The van der Waals surface area contributed by atoms with E-state index in [4.69, 9.17) is 4.74 Å². The number of anilines is 1. The van der Waals surface area contributed by atoms with Gasteiger partial charge in [0, 0.05) is 23.1 Å². The number of amides is 1. The summed E-state index contributed by atoms with van der Waals surface area (Å²) in [4.78, 5) is 46.0. The van der Waals surface area contributed by atoms with E-state index in [-0.39, 0.29) is 30.4 Å². The highest BCUT2D eigenvalue weighted by Gasteiger charge is 2.26. The number of benzene rings is 2. The molecule has 1 aliphatic heterocycles. The molecule has 6 rings (SSSR count). The molecule has 1 amide bonds. The number of ketones is 1. The van der Waals surface area contributed by atoms with Gasteiger partial charge < -0.3 is 9.64 Å². The summed E-state index contributed by atoms with van der Waals surface area (Å²) in [6, 6.07) is 11.6. The maximum absolute atomic E-state index is 13.6. The van der Waals surface area contributed by atoms with Crippen molar-refractivity contribution in [1.29, 1.82) is 0 Å². The molecule has 0 spiro atoms. The lowest BCUT2D eigenvalue weighted by atomic mass is 9.89. The summed E-state index contributed by atoms with van der Waals surface area (Å²) < 4.78 is 6.93. The number of carbonyl (C=O) groups excluding carboxylic acids is 2. The summed E-state index contributed by atoms with van der Waals surface area (Å²) in [5.41, 5.74) is 5.43. The van der Waals surface area contributed by atoms with Crippen molar-refractivity contribution in [3.8, 4) is 16.9 Å². The maximum Gasteiger partial charge on any atom is 0.265 e. The molecular weight excluding hydrogens is 486 g/mol. The van der Waals surface area contributed by atoms with Crippen molar-refractivity contribution in [2.45, 2.75) is 45.6 Å². The molecule has 0 radical (unpaired) electrons. The molecule has 0 unspecified atom stereocenters. The third kappa shape index (κ3) is 4.25. The zero-order chi connectivity index (χ0) is 25.5. The lowest BCUT2D eigenvalue weighted by Crippen LogP contribution is -2.39. The predicted octanol–water partition coefficient (Wildman–Crippen LogP) is 5.02. The maximum atomic E-state index is 13.6. The van der Waals surface area contributed by atoms with E-state index in [1.165, 1.54) is 46.2 Å². The first-order valence-electron chi connectivity index (χ1n) is 12.7. The first-order chi connectivity index (χ1) is 18.0. The highest BCUT2D eigenvalue weighted by Crippen LogP contribution is 2.35. The largest absolute Gasteiger partial charge is 0.482 e. The van der Waals surface area contributed by atoms with Crippen LogP contribution in [0.2, 0.25) is 0 Å². The molecular formula is C29H27N3O4S. The number of carbonyl (C=O) groups is 2. The second kappa shape index (κ2) is 9.59. The summed E-state index contributed by atoms with van der Waals surface area (Å²) in [5, 5.41) is 2.54. The van der Waals surface area contributed by atoms with Crippen LogP contribution in [-0.2, 0) is 24.2 Å². The van der Waals surface area contributed by atoms with E-state index in [1.807, 2.05) is 12.3 Å². The molecule has 37 heavy (non-hydrogen) atoms. The van der Waals surface area contributed by atoms with E-state index < -0.39 is 0 Å². The van der Waals surface area contributed by atoms with Crippen molar-refractivity contribution >= 4 is 38.9 Å². The van der Waals surface area contributed by atoms with Crippen LogP contribution in [0.1, 0.15) is 47.7 Å². The minimum absolute atomic E-state index is 0.00539. The third-order valence-corrected chi connectivity index (χ3v) is 8.09. The van der Waals surface area contributed by atoms with Crippen LogP contribution >= 0.6 is 11.3 Å². The Kier molecular flexibility index (Phi) is 6.12. The normalized spacial score (nSPS) is 14.8. The first-order valence-corrected chi connectivity index (χ1v) is 13.6. The lowest BCUT2D eigenvalue weighted by molar-refractivity contribution is -0.121. The second-order valence-electron chi connectivity index (χ2n) is 9.64. The van der Waals surface area contributed by atoms with E-state index >= 15 is 0 Å². The molecule has 3 heterocycles. The minimum Gasteiger partial charge on any atom is -0.482 e. The smallest absolute Gasteiger partial charge is 0.265 e. The second-order valence-corrected chi connectivity index (χ2v) is 10.5. The third-order valence-electron chi connectivity index (χ3n) is 7.21. The van der Waals surface area contributed by atoms with Gasteiger partial charge in [-0.25, -0.2) is 4.98 Å². The molecule has 0 bridgehead atoms. The molecule has 2 aromatic carbocycles. The molecule has 4 aromatic rings. The van der Waals surface area contributed by atoms with Gasteiger partial charge in [-0.1, -0.05) is 25.1 Å². The standard InChI is InChI=1S/C29H27N3O4S/c1-2-11-32-23-13-21(9-10-25(23)36-15-26(32)34)24(33)14-31-17-30-28-27(29(31)35)22(16-37-28)20-8-7-18-5-3-4-6-19(18)12-20/h7-10,12-13,16-17H,2-6,11,14-15H2,1H3. The summed E-state index contributed by atoms with van der Waals surface area (Å²) in [6.07, 6.45) is 6.82. The van der Waals surface area contributed by atoms with Crippen molar-refractivity contribution < 1.29 is 14.3 Å². The van der Waals surface area contributed by atoms with Crippen molar-refractivity contribution in [3.05, 3.63) is 75.1 Å². The monoisotopic (exact) mass is 513 g/mol. The molecule has 7 nitrogen and oxygen atoms in total. The number of aryl methyl sites for hydroxylation is 2. The minimum atomic E-state index is -0.230. The van der Waals surface area contributed by atoms with Crippen LogP contribution in [0.5, 0.6) is 5.75 Å². The number of aromatic nitrogens is 2. The van der Waals surface area contributed by atoms with Gasteiger partial charge in [0.25, 0.3) is 11.5 Å². The van der Waals surface area contributed by atoms with E-state index in [1.54, 1.807) is 23.1 Å². The van der Waals surface area contributed by atoms with Crippen molar-refractivity contribution in [2.24, 2.45) is 0 Å². The molecule has 8 heteroatoms. The Bertz CT molecular complexity index is 1600. The van der Waals surface area contributed by atoms with Crippen molar-refractivity contribution in [1.82, 2.24) is 9.55 Å². The van der Waals surface area contributed by atoms with Gasteiger partial charge in [-0.3, -0.25) is 19.0 Å². The van der Waals surface area contributed by atoms with Crippen molar-refractivity contribution in [3.63, 3.8) is 0 Å². The van der Waals surface area contributed by atoms with Gasteiger partial charge in [-0.15, -0.1) is 11.3 Å².